The molecule has 2 fully saturated rings. The molecule has 1 atom stereocenters. The van der Waals surface area contributed by atoms with E-state index < -0.39 is 0 Å². The van der Waals surface area contributed by atoms with Crippen LogP contribution in [-0.4, -0.2) is 27.3 Å². The molecule has 1 aromatic heterocycles. The van der Waals surface area contributed by atoms with Crippen molar-refractivity contribution >= 4 is 11.9 Å². The van der Waals surface area contributed by atoms with Crippen molar-refractivity contribution < 1.29 is 4.79 Å². The van der Waals surface area contributed by atoms with E-state index in [1.807, 2.05) is 18.2 Å². The number of anilines is 1. The molecule has 1 saturated carbocycles. The molecule has 0 bridgehead atoms. The van der Waals surface area contributed by atoms with Gasteiger partial charge in [0, 0.05) is 24.2 Å². The number of nitrogens with two attached hydrogens (primary N) is 1. The first kappa shape index (κ1) is 16.1. The Morgan fingerprint density at radius 1 is 1.08 bits per heavy atom. The molecule has 4 rings (SSSR count). The second-order valence-corrected chi connectivity index (χ2v) is 7.06. The maximum atomic E-state index is 12.9. The van der Waals surface area contributed by atoms with Gasteiger partial charge in [0.05, 0.1) is 11.7 Å². The van der Waals surface area contributed by atoms with E-state index in [2.05, 4.69) is 27.0 Å². The van der Waals surface area contributed by atoms with E-state index >= 15 is 0 Å². The normalized spacial score (nSPS) is 21.0. The molecular weight excluding hydrogens is 312 g/mol. The predicted molar refractivity (Wildman–Crippen MR) is 97.5 cm³/mol. The fourth-order valence-electron chi connectivity index (χ4n) is 3.87. The summed E-state index contributed by atoms with van der Waals surface area (Å²) in [5, 5.41) is 0. The third kappa shape index (κ3) is 3.11. The summed E-state index contributed by atoms with van der Waals surface area (Å²) in [6.07, 6.45) is 8.14. The molecule has 1 aliphatic heterocycles. The Labute approximate surface area is 148 Å². The molecule has 2 aliphatic rings. The van der Waals surface area contributed by atoms with Crippen LogP contribution in [0.4, 0.5) is 5.95 Å². The number of benzene rings is 1. The average molecular weight is 336 g/mol. The maximum Gasteiger partial charge on any atom is 0.226 e. The summed E-state index contributed by atoms with van der Waals surface area (Å²) in [5.74, 6) is 0.781. The highest BCUT2D eigenvalue weighted by Gasteiger charge is 2.36. The number of nitrogens with zero attached hydrogens (tertiary/aromatic N) is 3. The van der Waals surface area contributed by atoms with Crippen molar-refractivity contribution in [1.29, 1.82) is 0 Å². The molecule has 25 heavy (non-hydrogen) atoms. The van der Waals surface area contributed by atoms with Gasteiger partial charge in [0.2, 0.25) is 11.9 Å². The zero-order chi connectivity index (χ0) is 17.2. The number of likely N-dealkylation sites (tertiary alicyclic amines) is 1. The number of carbonyl (C=O) groups is 1. The van der Waals surface area contributed by atoms with Gasteiger partial charge < -0.3 is 10.6 Å². The molecule has 2 aromatic rings. The first-order valence-electron chi connectivity index (χ1n) is 9.22. The molecule has 0 unspecified atom stereocenters. The summed E-state index contributed by atoms with van der Waals surface area (Å²) < 4.78 is 0. The Morgan fingerprint density at radius 3 is 2.60 bits per heavy atom. The van der Waals surface area contributed by atoms with Gasteiger partial charge in [0.25, 0.3) is 0 Å². The van der Waals surface area contributed by atoms with Crippen LogP contribution in [0.25, 0.3) is 11.1 Å². The Kier molecular flexibility index (Phi) is 4.38. The van der Waals surface area contributed by atoms with Gasteiger partial charge in [-0.2, -0.15) is 0 Å². The van der Waals surface area contributed by atoms with Gasteiger partial charge in [-0.15, -0.1) is 0 Å². The van der Waals surface area contributed by atoms with Crippen molar-refractivity contribution in [3.05, 3.63) is 42.2 Å². The number of rotatable bonds is 3. The van der Waals surface area contributed by atoms with Crippen LogP contribution < -0.4 is 5.73 Å². The molecule has 130 valence electrons. The lowest BCUT2D eigenvalue weighted by Crippen LogP contribution is -2.44. The first-order chi connectivity index (χ1) is 12.2. The molecule has 2 heterocycles. The minimum Gasteiger partial charge on any atom is -0.368 e. The van der Waals surface area contributed by atoms with Crippen molar-refractivity contribution in [1.82, 2.24) is 14.9 Å². The van der Waals surface area contributed by atoms with E-state index in [4.69, 9.17) is 5.73 Å². The predicted octanol–water partition coefficient (Wildman–Crippen LogP) is 3.58. The van der Waals surface area contributed by atoms with E-state index in [1.165, 1.54) is 6.42 Å². The number of hydrogen-bond donors (Lipinski definition) is 1. The van der Waals surface area contributed by atoms with E-state index in [1.54, 1.807) is 6.20 Å². The highest BCUT2D eigenvalue weighted by molar-refractivity contribution is 5.80. The standard InChI is InChI=1S/C20H24N4O/c21-20-22-13-16(14-7-2-1-3-8-14)18(23-20)17-11-4-5-12-24(17)19(25)15-9-6-10-15/h1-3,7-8,13,15,17H,4-6,9-12H2,(H2,21,22,23)/t17-/m1/s1. The molecule has 5 heteroatoms. The number of carbonyl (C=O) groups excluding carboxylic acids is 1. The number of nitrogen functional groups attached to an aromatic ring is 1. The largest absolute Gasteiger partial charge is 0.368 e. The van der Waals surface area contributed by atoms with Crippen LogP contribution >= 0.6 is 0 Å². The lowest BCUT2D eigenvalue weighted by Gasteiger charge is -2.40. The van der Waals surface area contributed by atoms with Gasteiger partial charge >= 0.3 is 0 Å². The Hall–Kier alpha value is -2.43. The van der Waals surface area contributed by atoms with Crippen LogP contribution in [0.15, 0.2) is 36.5 Å². The molecule has 0 radical (unpaired) electrons. The zero-order valence-corrected chi connectivity index (χ0v) is 14.4. The molecule has 2 N–H and O–H groups in total. The van der Waals surface area contributed by atoms with Crippen molar-refractivity contribution in [3.63, 3.8) is 0 Å². The van der Waals surface area contributed by atoms with Crippen LogP contribution in [0.3, 0.4) is 0 Å². The van der Waals surface area contributed by atoms with Crippen molar-refractivity contribution in [2.24, 2.45) is 5.92 Å². The number of amides is 1. The number of piperidine rings is 1. The van der Waals surface area contributed by atoms with E-state index in [9.17, 15) is 4.79 Å². The highest BCUT2D eigenvalue weighted by Crippen LogP contribution is 2.38. The number of aromatic nitrogens is 2. The molecule has 1 aliphatic carbocycles. The molecule has 1 aromatic carbocycles. The summed E-state index contributed by atoms with van der Waals surface area (Å²) in [6, 6.07) is 10.1. The zero-order valence-electron chi connectivity index (χ0n) is 14.4. The van der Waals surface area contributed by atoms with Crippen LogP contribution in [0.5, 0.6) is 0 Å². The topological polar surface area (TPSA) is 72.1 Å². The Bertz CT molecular complexity index is 758. The lowest BCUT2D eigenvalue weighted by molar-refractivity contribution is -0.142. The summed E-state index contributed by atoms with van der Waals surface area (Å²) in [7, 11) is 0. The Morgan fingerprint density at radius 2 is 1.88 bits per heavy atom. The van der Waals surface area contributed by atoms with Crippen LogP contribution in [0, 0.1) is 5.92 Å². The van der Waals surface area contributed by atoms with Crippen molar-refractivity contribution in [3.8, 4) is 11.1 Å². The molecule has 1 saturated heterocycles. The van der Waals surface area contributed by atoms with Crippen LogP contribution in [0.2, 0.25) is 0 Å². The first-order valence-corrected chi connectivity index (χ1v) is 9.22. The van der Waals surface area contributed by atoms with Crippen molar-refractivity contribution in [2.45, 2.75) is 44.6 Å². The van der Waals surface area contributed by atoms with E-state index in [0.717, 1.165) is 55.5 Å². The van der Waals surface area contributed by atoms with Gasteiger partial charge in [0.15, 0.2) is 0 Å². The maximum absolute atomic E-state index is 12.9. The third-order valence-electron chi connectivity index (χ3n) is 5.48. The van der Waals surface area contributed by atoms with Gasteiger partial charge in [-0.3, -0.25) is 4.79 Å². The molecule has 0 spiro atoms. The number of hydrogen-bond acceptors (Lipinski definition) is 4. The van der Waals surface area contributed by atoms with Gasteiger partial charge in [-0.1, -0.05) is 36.8 Å². The molecule has 5 nitrogen and oxygen atoms in total. The second kappa shape index (κ2) is 6.82. The van der Waals surface area contributed by atoms with Gasteiger partial charge in [0.1, 0.15) is 0 Å². The average Bonchev–Trinajstić information content (AvgIpc) is 2.61. The smallest absolute Gasteiger partial charge is 0.226 e. The summed E-state index contributed by atoms with van der Waals surface area (Å²) in [4.78, 5) is 23.8. The Balaban J connectivity index is 1.73. The lowest BCUT2D eigenvalue weighted by atomic mass is 9.83. The van der Waals surface area contributed by atoms with E-state index in [-0.39, 0.29) is 17.9 Å². The third-order valence-corrected chi connectivity index (χ3v) is 5.48. The fourth-order valence-corrected chi connectivity index (χ4v) is 3.87. The summed E-state index contributed by atoms with van der Waals surface area (Å²) in [5.41, 5.74) is 8.85. The van der Waals surface area contributed by atoms with Gasteiger partial charge in [-0.25, -0.2) is 9.97 Å². The van der Waals surface area contributed by atoms with Crippen LogP contribution in [-0.2, 0) is 4.79 Å². The monoisotopic (exact) mass is 336 g/mol. The highest BCUT2D eigenvalue weighted by atomic mass is 16.2. The fraction of sp³-hybridized carbons (Fsp3) is 0.450. The molecular formula is C20H24N4O. The minimum atomic E-state index is 0.00218. The van der Waals surface area contributed by atoms with E-state index in [0.29, 0.717) is 5.91 Å². The minimum absolute atomic E-state index is 0.00218. The second-order valence-electron chi connectivity index (χ2n) is 7.06. The molecule has 1 amide bonds. The SMILES string of the molecule is Nc1ncc(-c2ccccc2)c([C@H]2CCCCN2C(=O)C2CCC2)n1. The van der Waals surface area contributed by atoms with Crippen LogP contribution in [0.1, 0.15) is 50.3 Å². The van der Waals surface area contributed by atoms with Crippen molar-refractivity contribution in [2.75, 3.05) is 12.3 Å². The quantitative estimate of drug-likeness (QED) is 0.930. The summed E-state index contributed by atoms with van der Waals surface area (Å²) in [6.45, 7) is 0.818. The van der Waals surface area contributed by atoms with Gasteiger partial charge in [-0.05, 0) is 37.7 Å². The summed E-state index contributed by atoms with van der Waals surface area (Å²) >= 11 is 0.